The number of thiophene rings is 1. The molecule has 8 heteroatoms. The fourth-order valence-electron chi connectivity index (χ4n) is 1.67. The summed E-state index contributed by atoms with van der Waals surface area (Å²) in [5, 5.41) is 13.8. The number of anilines is 1. The van der Waals surface area contributed by atoms with Gasteiger partial charge in [-0.3, -0.25) is 0 Å². The maximum absolute atomic E-state index is 10.8. The second-order valence-corrected chi connectivity index (χ2v) is 4.71. The number of nitrogens with one attached hydrogen (secondary N) is 2. The number of carboxylic acids is 1. The summed E-state index contributed by atoms with van der Waals surface area (Å²) in [6, 6.07) is 1.64. The molecule has 0 aliphatic rings. The smallest absolute Gasteiger partial charge is 0.345 e. The van der Waals surface area contributed by atoms with E-state index in [-0.39, 0.29) is 0 Å². The van der Waals surface area contributed by atoms with Crippen molar-refractivity contribution in [2.75, 3.05) is 5.32 Å². The van der Waals surface area contributed by atoms with Crippen molar-refractivity contribution < 1.29 is 9.90 Å². The lowest BCUT2D eigenvalue weighted by Gasteiger charge is -2.03. The zero-order chi connectivity index (χ0) is 13.2. The summed E-state index contributed by atoms with van der Waals surface area (Å²) in [5.74, 6) is -0.264. The minimum atomic E-state index is -0.908. The van der Waals surface area contributed by atoms with Crippen LogP contribution in [0, 0.1) is 0 Å². The molecule has 3 N–H and O–H groups in total. The molecule has 96 valence electrons. The number of fused-ring (bicyclic) bond motifs is 1. The van der Waals surface area contributed by atoms with E-state index in [1.165, 1.54) is 17.7 Å². The number of hydrogen-bond acceptors (Lipinski definition) is 6. The molecule has 3 heterocycles. The molecule has 3 aromatic rings. The summed E-state index contributed by atoms with van der Waals surface area (Å²) >= 11 is 1.21. The number of aromatic amines is 1. The predicted octanol–water partition coefficient (Wildman–Crippen LogP) is 1.72. The van der Waals surface area contributed by atoms with Gasteiger partial charge in [-0.1, -0.05) is 0 Å². The summed E-state index contributed by atoms with van der Waals surface area (Å²) in [4.78, 5) is 26.3. The van der Waals surface area contributed by atoms with Crippen LogP contribution in [0.4, 0.5) is 5.82 Å². The molecule has 0 aliphatic carbocycles. The van der Waals surface area contributed by atoms with E-state index in [9.17, 15) is 4.79 Å². The van der Waals surface area contributed by atoms with Crippen molar-refractivity contribution in [3.8, 4) is 0 Å². The van der Waals surface area contributed by atoms with E-state index in [4.69, 9.17) is 5.11 Å². The molecule has 0 aliphatic heterocycles. The number of imidazole rings is 1. The quantitative estimate of drug-likeness (QED) is 0.669. The number of rotatable bonds is 4. The summed E-state index contributed by atoms with van der Waals surface area (Å²) < 4.78 is 0. The zero-order valence-corrected chi connectivity index (χ0v) is 10.4. The maximum Gasteiger partial charge on any atom is 0.345 e. The van der Waals surface area contributed by atoms with Crippen LogP contribution >= 0.6 is 11.3 Å². The Morgan fingerprint density at radius 2 is 2.32 bits per heavy atom. The zero-order valence-electron chi connectivity index (χ0n) is 9.62. The Morgan fingerprint density at radius 3 is 3.11 bits per heavy atom. The molecule has 19 heavy (non-hydrogen) atoms. The van der Waals surface area contributed by atoms with Gasteiger partial charge in [0, 0.05) is 6.54 Å². The third-order valence-corrected chi connectivity index (χ3v) is 3.51. The molecule has 0 amide bonds. The third-order valence-electron chi connectivity index (χ3n) is 2.55. The number of carbonyl (C=O) groups is 1. The minimum absolute atomic E-state index is 0.325. The number of hydrogen-bond donors (Lipinski definition) is 3. The Morgan fingerprint density at radius 1 is 1.42 bits per heavy atom. The Labute approximate surface area is 111 Å². The highest BCUT2D eigenvalue weighted by Gasteiger charge is 2.08. The number of H-pyrrole nitrogens is 1. The average Bonchev–Trinajstić information content (AvgIpc) is 3.05. The van der Waals surface area contributed by atoms with Crippen molar-refractivity contribution in [1.82, 2.24) is 19.9 Å². The first kappa shape index (κ1) is 11.6. The SMILES string of the molecule is O=C(O)c1cc(CNc2ncnc3nc[nH]c23)cs1. The topological polar surface area (TPSA) is 104 Å². The fourth-order valence-corrected chi connectivity index (χ4v) is 2.42. The third kappa shape index (κ3) is 2.25. The van der Waals surface area contributed by atoms with Crippen LogP contribution < -0.4 is 5.32 Å². The van der Waals surface area contributed by atoms with Crippen LogP contribution in [0.2, 0.25) is 0 Å². The molecule has 0 saturated carbocycles. The maximum atomic E-state index is 10.8. The van der Waals surface area contributed by atoms with Gasteiger partial charge >= 0.3 is 5.97 Å². The van der Waals surface area contributed by atoms with Crippen LogP contribution in [0.5, 0.6) is 0 Å². The van der Waals surface area contributed by atoms with Crippen LogP contribution in [0.3, 0.4) is 0 Å². The second-order valence-electron chi connectivity index (χ2n) is 3.80. The van der Waals surface area contributed by atoms with Crippen molar-refractivity contribution in [1.29, 1.82) is 0 Å². The Balaban J connectivity index is 1.78. The predicted molar refractivity (Wildman–Crippen MR) is 70.3 cm³/mol. The molecule has 0 saturated heterocycles. The van der Waals surface area contributed by atoms with Crippen molar-refractivity contribution in [3.05, 3.63) is 34.5 Å². The number of aromatic nitrogens is 4. The monoisotopic (exact) mass is 275 g/mol. The average molecular weight is 275 g/mol. The van der Waals surface area contributed by atoms with E-state index in [0.717, 1.165) is 11.1 Å². The van der Waals surface area contributed by atoms with Gasteiger partial charge in [-0.25, -0.2) is 19.7 Å². The van der Waals surface area contributed by atoms with Gasteiger partial charge < -0.3 is 15.4 Å². The van der Waals surface area contributed by atoms with Crippen LogP contribution in [0.15, 0.2) is 24.1 Å². The molecule has 7 nitrogen and oxygen atoms in total. The largest absolute Gasteiger partial charge is 0.477 e. The van der Waals surface area contributed by atoms with E-state index in [1.807, 2.05) is 5.38 Å². The van der Waals surface area contributed by atoms with E-state index < -0.39 is 5.97 Å². The van der Waals surface area contributed by atoms with Crippen molar-refractivity contribution >= 4 is 34.3 Å². The second kappa shape index (κ2) is 4.65. The molecule has 0 bridgehead atoms. The summed E-state index contributed by atoms with van der Waals surface area (Å²) in [5.41, 5.74) is 2.22. The van der Waals surface area contributed by atoms with Crippen molar-refractivity contribution in [3.63, 3.8) is 0 Å². The van der Waals surface area contributed by atoms with Crippen molar-refractivity contribution in [2.24, 2.45) is 0 Å². The highest BCUT2D eigenvalue weighted by atomic mass is 32.1. The lowest BCUT2D eigenvalue weighted by atomic mass is 10.3. The molecular formula is C11H9N5O2S. The minimum Gasteiger partial charge on any atom is -0.477 e. The van der Waals surface area contributed by atoms with Gasteiger partial charge in [-0.2, -0.15) is 0 Å². The molecule has 3 aromatic heterocycles. The van der Waals surface area contributed by atoms with Gasteiger partial charge in [0.15, 0.2) is 11.5 Å². The van der Waals surface area contributed by atoms with Gasteiger partial charge in [0.05, 0.1) is 6.33 Å². The van der Waals surface area contributed by atoms with Crippen LogP contribution in [0.1, 0.15) is 15.2 Å². The summed E-state index contributed by atoms with van der Waals surface area (Å²) in [7, 11) is 0. The fraction of sp³-hybridized carbons (Fsp3) is 0.0909. The van der Waals surface area contributed by atoms with Crippen LogP contribution in [0.25, 0.3) is 11.2 Å². The first-order valence-corrected chi connectivity index (χ1v) is 6.30. The number of aromatic carboxylic acids is 1. The first-order valence-electron chi connectivity index (χ1n) is 5.42. The molecule has 0 spiro atoms. The molecule has 0 unspecified atom stereocenters. The van der Waals surface area contributed by atoms with Gasteiger partial charge in [0.1, 0.15) is 16.7 Å². The highest BCUT2D eigenvalue weighted by molar-refractivity contribution is 7.12. The van der Waals surface area contributed by atoms with Crippen LogP contribution in [-0.4, -0.2) is 31.0 Å². The van der Waals surface area contributed by atoms with E-state index in [2.05, 4.69) is 25.3 Å². The molecule has 3 rings (SSSR count). The Bertz CT molecular complexity index is 735. The van der Waals surface area contributed by atoms with Gasteiger partial charge in [0.2, 0.25) is 0 Å². The lowest BCUT2D eigenvalue weighted by molar-refractivity contribution is 0.0702. The lowest BCUT2D eigenvalue weighted by Crippen LogP contribution is -2.02. The van der Waals surface area contributed by atoms with Crippen LogP contribution in [-0.2, 0) is 6.54 Å². The number of carboxylic acid groups (broad SMARTS) is 1. The number of nitrogens with zero attached hydrogens (tertiary/aromatic N) is 3. The summed E-state index contributed by atoms with van der Waals surface area (Å²) in [6.45, 7) is 0.495. The summed E-state index contributed by atoms with van der Waals surface area (Å²) in [6.07, 6.45) is 2.99. The highest BCUT2D eigenvalue weighted by Crippen LogP contribution is 2.18. The van der Waals surface area contributed by atoms with Crippen molar-refractivity contribution in [2.45, 2.75) is 6.54 Å². The standard InChI is InChI=1S/C11H9N5O2S/c17-11(18)7-1-6(3-19-7)2-12-9-8-10(14-4-13-8)16-5-15-9/h1,3-5H,2H2,(H,17,18)(H2,12,13,14,15,16). The Hall–Kier alpha value is -2.48. The van der Waals surface area contributed by atoms with E-state index >= 15 is 0 Å². The van der Waals surface area contributed by atoms with Gasteiger partial charge in [-0.15, -0.1) is 11.3 Å². The van der Waals surface area contributed by atoms with E-state index in [0.29, 0.717) is 22.9 Å². The molecule has 0 aromatic carbocycles. The molecular weight excluding hydrogens is 266 g/mol. The molecule has 0 fully saturated rings. The molecule has 0 atom stereocenters. The normalized spacial score (nSPS) is 10.7. The van der Waals surface area contributed by atoms with Gasteiger partial charge in [-0.05, 0) is 17.0 Å². The first-order chi connectivity index (χ1) is 9.24. The van der Waals surface area contributed by atoms with E-state index in [1.54, 1.807) is 12.4 Å². The Kier molecular flexibility index (Phi) is 2.84. The van der Waals surface area contributed by atoms with Gasteiger partial charge in [0.25, 0.3) is 0 Å². The molecule has 0 radical (unpaired) electrons.